The first-order valence-electron chi connectivity index (χ1n) is 7.35. The minimum atomic E-state index is -0.393. The van der Waals surface area contributed by atoms with Gasteiger partial charge < -0.3 is 10.6 Å². The van der Waals surface area contributed by atoms with Crippen molar-refractivity contribution in [3.63, 3.8) is 0 Å². The van der Waals surface area contributed by atoms with Crippen molar-refractivity contribution < 1.29 is 9.18 Å². The molecule has 1 saturated carbocycles. The van der Waals surface area contributed by atoms with Gasteiger partial charge >= 0.3 is 6.03 Å². The molecular formula is C16H18FN3OS. The van der Waals surface area contributed by atoms with Gasteiger partial charge in [-0.05, 0) is 38.0 Å². The van der Waals surface area contributed by atoms with E-state index in [0.29, 0.717) is 5.69 Å². The van der Waals surface area contributed by atoms with E-state index in [2.05, 4.69) is 15.6 Å². The molecule has 0 bridgehead atoms. The van der Waals surface area contributed by atoms with Gasteiger partial charge in [-0.15, -0.1) is 11.3 Å². The number of nitrogens with one attached hydrogen (secondary N) is 2. The highest BCUT2D eigenvalue weighted by atomic mass is 32.1. The van der Waals surface area contributed by atoms with Crippen molar-refractivity contribution in [1.82, 2.24) is 10.3 Å². The van der Waals surface area contributed by atoms with Crippen LogP contribution < -0.4 is 10.6 Å². The predicted molar refractivity (Wildman–Crippen MR) is 85.6 cm³/mol. The topological polar surface area (TPSA) is 54.0 Å². The summed E-state index contributed by atoms with van der Waals surface area (Å²) in [5.41, 5.74) is 1.02. The molecule has 1 aliphatic carbocycles. The second-order valence-electron chi connectivity index (χ2n) is 5.67. The number of aromatic nitrogens is 1. The highest BCUT2D eigenvalue weighted by Crippen LogP contribution is 2.40. The lowest BCUT2D eigenvalue weighted by Gasteiger charge is -2.28. The normalized spacial score (nSPS) is 16.5. The third-order valence-corrected chi connectivity index (χ3v) is 5.09. The standard InChI is InChI=1S/C16H18FN3OS/c1-11-10-22-14(18-11)16(7-2-3-8-16)20-15(21)19-13-6-4-5-12(17)9-13/h4-6,9-10H,2-3,7-8H2,1H3,(H2,19,20,21). The SMILES string of the molecule is Cc1csc(C2(NC(=O)Nc3cccc(F)c3)CCCC2)n1. The largest absolute Gasteiger partial charge is 0.326 e. The molecule has 1 heterocycles. The molecule has 1 aromatic heterocycles. The van der Waals surface area contributed by atoms with Gasteiger partial charge in [-0.25, -0.2) is 14.2 Å². The van der Waals surface area contributed by atoms with Gasteiger partial charge in [-0.2, -0.15) is 0 Å². The summed E-state index contributed by atoms with van der Waals surface area (Å²) < 4.78 is 13.2. The lowest BCUT2D eigenvalue weighted by atomic mass is 9.99. The zero-order chi connectivity index (χ0) is 15.6. The summed E-state index contributed by atoms with van der Waals surface area (Å²) in [5, 5.41) is 8.72. The maximum absolute atomic E-state index is 13.2. The fourth-order valence-corrected chi connectivity index (χ4v) is 3.90. The van der Waals surface area contributed by atoms with Crippen molar-refractivity contribution in [1.29, 1.82) is 0 Å². The predicted octanol–water partition coefficient (Wildman–Crippen LogP) is 4.18. The van der Waals surface area contributed by atoms with E-state index in [9.17, 15) is 9.18 Å². The highest BCUT2D eigenvalue weighted by Gasteiger charge is 2.39. The first-order valence-corrected chi connectivity index (χ1v) is 8.23. The number of hydrogen-bond donors (Lipinski definition) is 2. The van der Waals surface area contributed by atoms with Gasteiger partial charge in [0.1, 0.15) is 10.8 Å². The van der Waals surface area contributed by atoms with Crippen LogP contribution in [0.3, 0.4) is 0 Å². The summed E-state index contributed by atoms with van der Waals surface area (Å²) >= 11 is 1.58. The van der Waals surface area contributed by atoms with Gasteiger partial charge in [0.2, 0.25) is 0 Å². The number of hydrogen-bond acceptors (Lipinski definition) is 3. The molecular weight excluding hydrogens is 301 g/mol. The Morgan fingerprint density at radius 3 is 2.77 bits per heavy atom. The molecule has 1 aromatic carbocycles. The van der Waals surface area contributed by atoms with Gasteiger partial charge in [0, 0.05) is 16.8 Å². The number of thiazole rings is 1. The second kappa shape index (κ2) is 6.04. The number of halogens is 1. The molecule has 1 fully saturated rings. The lowest BCUT2D eigenvalue weighted by Crippen LogP contribution is -2.45. The number of carbonyl (C=O) groups excluding carboxylic acids is 1. The Bertz CT molecular complexity index is 680. The minimum absolute atomic E-state index is 0.319. The van der Waals surface area contributed by atoms with E-state index in [0.717, 1.165) is 36.4 Å². The van der Waals surface area contributed by atoms with Crippen molar-refractivity contribution in [2.45, 2.75) is 38.1 Å². The van der Waals surface area contributed by atoms with Gasteiger partial charge in [0.25, 0.3) is 0 Å². The Balaban J connectivity index is 1.75. The van der Waals surface area contributed by atoms with Crippen LogP contribution in [0.15, 0.2) is 29.6 Å². The van der Waals surface area contributed by atoms with E-state index in [1.54, 1.807) is 23.5 Å². The summed E-state index contributed by atoms with van der Waals surface area (Å²) in [4.78, 5) is 16.9. The summed E-state index contributed by atoms with van der Waals surface area (Å²) in [5.74, 6) is -0.371. The second-order valence-corrected chi connectivity index (χ2v) is 6.53. The van der Waals surface area contributed by atoms with Crippen molar-refractivity contribution in [2.24, 2.45) is 0 Å². The average Bonchev–Trinajstić information content (AvgIpc) is 3.08. The Hall–Kier alpha value is -1.95. The molecule has 2 aromatic rings. The third kappa shape index (κ3) is 3.11. The summed E-state index contributed by atoms with van der Waals surface area (Å²) in [7, 11) is 0. The summed E-state index contributed by atoms with van der Waals surface area (Å²) in [6.07, 6.45) is 3.91. The van der Waals surface area contributed by atoms with Crippen LogP contribution in [0.2, 0.25) is 0 Å². The van der Waals surface area contributed by atoms with Gasteiger partial charge in [0.05, 0.1) is 5.54 Å². The Labute approximate surface area is 132 Å². The molecule has 6 heteroatoms. The molecule has 0 radical (unpaired) electrons. The zero-order valence-electron chi connectivity index (χ0n) is 12.4. The first-order chi connectivity index (χ1) is 10.6. The van der Waals surface area contributed by atoms with Crippen molar-refractivity contribution in [3.8, 4) is 0 Å². The van der Waals surface area contributed by atoms with Crippen LogP contribution in [0, 0.1) is 12.7 Å². The van der Waals surface area contributed by atoms with Gasteiger partial charge in [0.15, 0.2) is 0 Å². The Kier molecular flexibility index (Phi) is 4.11. The molecule has 2 amide bonds. The van der Waals surface area contributed by atoms with E-state index in [1.165, 1.54) is 12.1 Å². The first kappa shape index (κ1) is 15.0. The zero-order valence-corrected chi connectivity index (χ0v) is 13.2. The minimum Gasteiger partial charge on any atom is -0.326 e. The summed E-state index contributed by atoms with van der Waals surface area (Å²) in [6, 6.07) is 5.56. The van der Waals surface area contributed by atoms with E-state index in [4.69, 9.17) is 0 Å². The van der Waals surface area contributed by atoms with Crippen LogP contribution in [0.25, 0.3) is 0 Å². The van der Waals surface area contributed by atoms with E-state index in [-0.39, 0.29) is 11.8 Å². The quantitative estimate of drug-likeness (QED) is 0.891. The number of aryl methyl sites for hydroxylation is 1. The number of nitrogens with zero attached hydrogens (tertiary/aromatic N) is 1. The molecule has 1 aliphatic rings. The molecule has 22 heavy (non-hydrogen) atoms. The number of rotatable bonds is 3. The smallest absolute Gasteiger partial charge is 0.320 e. The fourth-order valence-electron chi connectivity index (χ4n) is 2.89. The number of anilines is 1. The highest BCUT2D eigenvalue weighted by molar-refractivity contribution is 7.09. The van der Waals surface area contributed by atoms with E-state index < -0.39 is 5.54 Å². The fraction of sp³-hybridized carbons (Fsp3) is 0.375. The van der Waals surface area contributed by atoms with Crippen LogP contribution >= 0.6 is 11.3 Å². The number of urea groups is 1. The van der Waals surface area contributed by atoms with E-state index in [1.807, 2.05) is 12.3 Å². The molecule has 0 saturated heterocycles. The Morgan fingerprint density at radius 2 is 2.14 bits per heavy atom. The Morgan fingerprint density at radius 1 is 1.36 bits per heavy atom. The molecule has 0 aliphatic heterocycles. The van der Waals surface area contributed by atoms with Crippen LogP contribution in [-0.4, -0.2) is 11.0 Å². The van der Waals surface area contributed by atoms with Crippen LogP contribution in [0.5, 0.6) is 0 Å². The molecule has 3 rings (SSSR count). The summed E-state index contributed by atoms with van der Waals surface area (Å²) in [6.45, 7) is 1.95. The maximum atomic E-state index is 13.2. The third-order valence-electron chi connectivity index (χ3n) is 3.92. The van der Waals surface area contributed by atoms with Crippen molar-refractivity contribution in [2.75, 3.05) is 5.32 Å². The molecule has 116 valence electrons. The van der Waals surface area contributed by atoms with Gasteiger partial charge in [-0.3, -0.25) is 0 Å². The molecule has 0 atom stereocenters. The monoisotopic (exact) mass is 319 g/mol. The van der Waals surface area contributed by atoms with Crippen LogP contribution in [0.4, 0.5) is 14.9 Å². The number of amides is 2. The van der Waals surface area contributed by atoms with E-state index >= 15 is 0 Å². The van der Waals surface area contributed by atoms with Crippen LogP contribution in [-0.2, 0) is 5.54 Å². The molecule has 4 nitrogen and oxygen atoms in total. The maximum Gasteiger partial charge on any atom is 0.320 e. The van der Waals surface area contributed by atoms with Gasteiger partial charge in [-0.1, -0.05) is 18.9 Å². The van der Waals surface area contributed by atoms with Crippen molar-refractivity contribution >= 4 is 23.1 Å². The molecule has 2 N–H and O–H groups in total. The number of carbonyl (C=O) groups is 1. The average molecular weight is 319 g/mol. The molecule has 0 unspecified atom stereocenters. The lowest BCUT2D eigenvalue weighted by molar-refractivity contribution is 0.236. The van der Waals surface area contributed by atoms with Crippen LogP contribution in [0.1, 0.15) is 36.4 Å². The molecule has 0 spiro atoms. The van der Waals surface area contributed by atoms with Crippen molar-refractivity contribution in [3.05, 3.63) is 46.2 Å². The number of benzene rings is 1.